The van der Waals surface area contributed by atoms with Crippen LogP contribution in [0.15, 0.2) is 60.7 Å². The molecular formula is C36H40FN5O5. The average molecular weight is 642 g/mol. The number of amides is 2. The lowest BCUT2D eigenvalue weighted by molar-refractivity contribution is -0.155. The minimum absolute atomic E-state index is 0.0417. The van der Waals surface area contributed by atoms with Crippen molar-refractivity contribution in [3.63, 3.8) is 0 Å². The van der Waals surface area contributed by atoms with Crippen molar-refractivity contribution in [3.05, 3.63) is 100 Å². The van der Waals surface area contributed by atoms with Gasteiger partial charge in [-0.1, -0.05) is 36.4 Å². The number of benzene rings is 3. The third-order valence-corrected chi connectivity index (χ3v) is 8.30. The summed E-state index contributed by atoms with van der Waals surface area (Å²) in [6.45, 7) is 16.6. The highest BCUT2D eigenvalue weighted by atomic mass is 19.1. The number of nitrogens with zero attached hydrogens (tertiary/aromatic N) is 4. The number of nitrogens with two attached hydrogens (primary N) is 1. The number of halogens is 1. The molecule has 0 spiro atoms. The Balaban J connectivity index is 1.14. The maximum atomic E-state index is 14.5. The number of piperazine rings is 1. The molecule has 0 aliphatic carbocycles. The predicted octanol–water partition coefficient (Wildman–Crippen LogP) is 5.21. The molecule has 1 atom stereocenters. The van der Waals surface area contributed by atoms with E-state index in [0.29, 0.717) is 47.9 Å². The number of fused-ring (bicyclic) bond motifs is 1. The quantitative estimate of drug-likeness (QED) is 0.226. The average Bonchev–Trinajstić information content (AvgIpc) is 3.36. The Morgan fingerprint density at radius 2 is 1.72 bits per heavy atom. The van der Waals surface area contributed by atoms with Crippen LogP contribution in [0.1, 0.15) is 60.7 Å². The van der Waals surface area contributed by atoms with E-state index in [0.717, 1.165) is 30.8 Å². The summed E-state index contributed by atoms with van der Waals surface area (Å²) in [4.78, 5) is 46.9. The van der Waals surface area contributed by atoms with Crippen LogP contribution >= 0.6 is 0 Å². The zero-order valence-electron chi connectivity index (χ0n) is 27.0. The lowest BCUT2D eigenvalue weighted by Crippen LogP contribution is -2.46. The number of carbonyl (C=O) groups is 3. The van der Waals surface area contributed by atoms with Crippen LogP contribution in [0.2, 0.25) is 0 Å². The second kappa shape index (κ2) is 14.2. The van der Waals surface area contributed by atoms with Crippen LogP contribution in [0.4, 0.5) is 15.8 Å². The van der Waals surface area contributed by atoms with Crippen molar-refractivity contribution in [2.75, 3.05) is 31.1 Å². The van der Waals surface area contributed by atoms with Gasteiger partial charge in [0.05, 0.1) is 18.8 Å². The number of carbonyl (C=O) groups excluding carboxylic acids is 3. The highest BCUT2D eigenvalue weighted by Gasteiger charge is 2.37. The zero-order valence-corrected chi connectivity index (χ0v) is 27.0. The summed E-state index contributed by atoms with van der Waals surface area (Å²) >= 11 is 0. The van der Waals surface area contributed by atoms with Gasteiger partial charge in [0.1, 0.15) is 29.8 Å². The monoisotopic (exact) mass is 641 g/mol. The van der Waals surface area contributed by atoms with Crippen molar-refractivity contribution in [1.82, 2.24) is 9.80 Å². The maximum Gasteiger partial charge on any atom is 0.306 e. The number of ether oxygens (including phenoxy) is 2. The third kappa shape index (κ3) is 8.26. The zero-order chi connectivity index (χ0) is 33.7. The molecular weight excluding hydrogens is 601 g/mol. The minimum atomic E-state index is -0.955. The lowest BCUT2D eigenvalue weighted by atomic mass is 10.1. The highest BCUT2D eigenvalue weighted by molar-refractivity contribution is 6.01. The highest BCUT2D eigenvalue weighted by Crippen LogP contribution is 2.33. The molecule has 2 heterocycles. The van der Waals surface area contributed by atoms with E-state index in [4.69, 9.17) is 21.8 Å². The molecule has 1 saturated heterocycles. The summed E-state index contributed by atoms with van der Waals surface area (Å²) < 4.78 is 26.0. The Morgan fingerprint density at radius 3 is 2.36 bits per heavy atom. The predicted molar refractivity (Wildman–Crippen MR) is 175 cm³/mol. The molecule has 0 bridgehead atoms. The molecule has 1 fully saturated rings. The van der Waals surface area contributed by atoms with Crippen molar-refractivity contribution in [2.24, 2.45) is 5.73 Å². The van der Waals surface area contributed by atoms with Gasteiger partial charge in [-0.25, -0.2) is 9.24 Å². The van der Waals surface area contributed by atoms with E-state index in [9.17, 15) is 18.8 Å². The number of primary amides is 1. The summed E-state index contributed by atoms with van der Waals surface area (Å²) in [5.74, 6) is -1.27. The SMILES string of the molecule is [C-]#[N+]c1ccc(N2CCN(Cc3ccc(COc4cccc5c4CN([C@@H](CCC(=O)OC(C)(C)C)C(N)=O)C5=O)cc3)CC2)c(F)c1. The van der Waals surface area contributed by atoms with Gasteiger partial charge < -0.3 is 25.0 Å². The normalized spacial score (nSPS) is 15.6. The molecule has 3 aromatic carbocycles. The molecule has 10 nitrogen and oxygen atoms in total. The van der Waals surface area contributed by atoms with E-state index < -0.39 is 23.5 Å². The van der Waals surface area contributed by atoms with E-state index >= 15 is 0 Å². The summed E-state index contributed by atoms with van der Waals surface area (Å²) in [5.41, 5.74) is 9.10. The van der Waals surface area contributed by atoms with Crippen LogP contribution in [0.5, 0.6) is 5.75 Å². The Kier molecular flexibility index (Phi) is 10.1. The van der Waals surface area contributed by atoms with Crippen molar-refractivity contribution < 1.29 is 28.2 Å². The first-order valence-corrected chi connectivity index (χ1v) is 15.7. The molecule has 5 rings (SSSR count). The summed E-state index contributed by atoms with van der Waals surface area (Å²) in [7, 11) is 0. The second-order valence-electron chi connectivity index (χ2n) is 12.9. The fourth-order valence-electron chi connectivity index (χ4n) is 5.94. The molecule has 0 saturated carbocycles. The van der Waals surface area contributed by atoms with Crippen molar-refractivity contribution >= 4 is 29.2 Å². The minimum Gasteiger partial charge on any atom is -0.489 e. The Bertz CT molecular complexity index is 1670. The molecule has 47 heavy (non-hydrogen) atoms. The summed E-state index contributed by atoms with van der Waals surface area (Å²) in [6, 6.07) is 17.1. The Hall–Kier alpha value is -4.95. The Labute approximate surface area is 274 Å². The van der Waals surface area contributed by atoms with Gasteiger partial charge in [-0.15, -0.1) is 0 Å². The van der Waals surface area contributed by atoms with Crippen molar-refractivity contribution in [1.29, 1.82) is 0 Å². The number of anilines is 1. The molecule has 246 valence electrons. The molecule has 2 N–H and O–H groups in total. The van der Waals surface area contributed by atoms with Gasteiger partial charge in [0, 0.05) is 50.3 Å². The number of hydrogen-bond acceptors (Lipinski definition) is 7. The first-order valence-electron chi connectivity index (χ1n) is 15.7. The molecule has 3 aromatic rings. The third-order valence-electron chi connectivity index (χ3n) is 8.30. The molecule has 2 amide bonds. The molecule has 0 aromatic heterocycles. The smallest absolute Gasteiger partial charge is 0.306 e. The molecule has 11 heteroatoms. The fraction of sp³-hybridized carbons (Fsp3) is 0.389. The molecule has 0 radical (unpaired) electrons. The van der Waals surface area contributed by atoms with Gasteiger partial charge in [0.25, 0.3) is 5.91 Å². The fourth-order valence-corrected chi connectivity index (χ4v) is 5.94. The van der Waals surface area contributed by atoms with Gasteiger partial charge in [-0.2, -0.15) is 0 Å². The molecule has 2 aliphatic heterocycles. The van der Waals surface area contributed by atoms with Gasteiger partial charge in [0.15, 0.2) is 5.69 Å². The van der Waals surface area contributed by atoms with E-state index in [1.807, 2.05) is 17.0 Å². The van der Waals surface area contributed by atoms with Crippen LogP contribution in [0.25, 0.3) is 4.85 Å². The maximum absolute atomic E-state index is 14.5. The van der Waals surface area contributed by atoms with Crippen LogP contribution in [-0.4, -0.2) is 65.4 Å². The van der Waals surface area contributed by atoms with Crippen molar-refractivity contribution in [3.8, 4) is 5.75 Å². The number of esters is 1. The first kappa shape index (κ1) is 33.4. The van der Waals surface area contributed by atoms with Gasteiger partial charge in [-0.05, 0) is 62.6 Å². The van der Waals surface area contributed by atoms with Crippen molar-refractivity contribution in [2.45, 2.75) is 65.0 Å². The standard InChI is InChI=1S/C36H40FN5O5/c1-36(2,3)47-33(43)15-14-31(34(38)44)42-22-28-27(35(42)45)6-5-7-32(28)46-23-25-10-8-24(9-11-25)21-40-16-18-41(19-17-40)30-13-12-26(39-4)20-29(30)37/h5-13,20,31H,14-19,21-23H2,1-3H3,(H2,38,44)/t31-/m0/s1. The van der Waals surface area contributed by atoms with E-state index in [1.54, 1.807) is 51.1 Å². The number of rotatable bonds is 11. The van der Waals surface area contributed by atoms with Crippen LogP contribution in [0, 0.1) is 12.4 Å². The van der Waals surface area contributed by atoms with Crippen LogP contribution in [0.3, 0.4) is 0 Å². The van der Waals surface area contributed by atoms with Crippen LogP contribution < -0.4 is 15.4 Å². The topological polar surface area (TPSA) is 110 Å². The van der Waals surface area contributed by atoms with E-state index in [1.165, 1.54) is 11.0 Å². The van der Waals surface area contributed by atoms with Crippen LogP contribution in [-0.2, 0) is 34.0 Å². The van der Waals surface area contributed by atoms with E-state index in [-0.39, 0.29) is 31.1 Å². The molecule has 2 aliphatic rings. The van der Waals surface area contributed by atoms with Gasteiger partial charge >= 0.3 is 5.97 Å². The lowest BCUT2D eigenvalue weighted by Gasteiger charge is -2.36. The summed E-state index contributed by atoms with van der Waals surface area (Å²) in [6.07, 6.45) is 0.0265. The Morgan fingerprint density at radius 1 is 1.02 bits per heavy atom. The summed E-state index contributed by atoms with van der Waals surface area (Å²) in [5, 5.41) is 0. The van der Waals surface area contributed by atoms with E-state index in [2.05, 4.69) is 21.9 Å². The largest absolute Gasteiger partial charge is 0.489 e. The number of hydrogen-bond donors (Lipinski definition) is 1. The first-order chi connectivity index (χ1) is 22.4. The van der Waals surface area contributed by atoms with Gasteiger partial charge in [-0.3, -0.25) is 19.3 Å². The van der Waals surface area contributed by atoms with Gasteiger partial charge in [0.2, 0.25) is 5.91 Å². The molecule has 0 unspecified atom stereocenters. The second-order valence-corrected chi connectivity index (χ2v) is 12.9.